The lowest BCUT2D eigenvalue weighted by atomic mass is 10.1. The van der Waals surface area contributed by atoms with Crippen LogP contribution in [-0.4, -0.2) is 27.7 Å². The van der Waals surface area contributed by atoms with Crippen molar-refractivity contribution in [3.63, 3.8) is 0 Å². The fourth-order valence-electron chi connectivity index (χ4n) is 2.41. The highest BCUT2D eigenvalue weighted by Crippen LogP contribution is 2.13. The molecule has 0 saturated heterocycles. The van der Waals surface area contributed by atoms with E-state index in [4.69, 9.17) is 4.74 Å². The summed E-state index contributed by atoms with van der Waals surface area (Å²) < 4.78 is 6.98. The average Bonchev–Trinajstić information content (AvgIpc) is 3.19. The third-order valence-electron chi connectivity index (χ3n) is 3.68. The zero-order chi connectivity index (χ0) is 17.5. The average molecular weight is 337 g/mol. The first-order valence-electron chi connectivity index (χ1n) is 7.83. The largest absolute Gasteiger partial charge is 0.481 e. The molecule has 2 aromatic heterocycles. The molecule has 0 aliphatic rings. The second-order valence-electron chi connectivity index (χ2n) is 5.34. The van der Waals surface area contributed by atoms with Crippen LogP contribution in [0, 0.1) is 0 Å². The highest BCUT2D eigenvalue weighted by Gasteiger charge is 2.06. The minimum atomic E-state index is -0.240. The van der Waals surface area contributed by atoms with Gasteiger partial charge in [-0.2, -0.15) is 0 Å². The number of nitrogens with one attached hydrogen (secondary N) is 2. The second kappa shape index (κ2) is 7.96. The summed E-state index contributed by atoms with van der Waals surface area (Å²) in [6, 6.07) is 11.2. The van der Waals surface area contributed by atoms with Crippen LogP contribution in [0.25, 0.3) is 5.69 Å². The minimum Gasteiger partial charge on any atom is -0.481 e. The maximum Gasteiger partial charge on any atom is 0.315 e. The Labute approximate surface area is 145 Å². The van der Waals surface area contributed by atoms with E-state index in [2.05, 4.69) is 20.6 Å². The van der Waals surface area contributed by atoms with Crippen molar-refractivity contribution in [1.82, 2.24) is 25.2 Å². The molecule has 7 heteroatoms. The van der Waals surface area contributed by atoms with E-state index >= 15 is 0 Å². The molecule has 0 bridgehead atoms. The van der Waals surface area contributed by atoms with Crippen molar-refractivity contribution in [2.45, 2.75) is 13.1 Å². The molecule has 0 aliphatic carbocycles. The maximum absolute atomic E-state index is 12.1. The Kier molecular flexibility index (Phi) is 5.26. The molecule has 2 amide bonds. The lowest BCUT2D eigenvalue weighted by molar-refractivity contribution is 0.240. The third kappa shape index (κ3) is 4.35. The molecule has 2 N–H and O–H groups in total. The van der Waals surface area contributed by atoms with Gasteiger partial charge in [0.1, 0.15) is 0 Å². The predicted molar refractivity (Wildman–Crippen MR) is 93.4 cm³/mol. The molecule has 0 fully saturated rings. The highest BCUT2D eigenvalue weighted by molar-refractivity contribution is 5.74. The number of benzene rings is 1. The summed E-state index contributed by atoms with van der Waals surface area (Å²) in [7, 11) is 1.56. The molecule has 2 heterocycles. The van der Waals surface area contributed by atoms with Crippen molar-refractivity contribution in [2.75, 3.05) is 7.11 Å². The van der Waals surface area contributed by atoms with E-state index in [1.54, 1.807) is 31.9 Å². The summed E-state index contributed by atoms with van der Waals surface area (Å²) in [6.07, 6.45) is 6.97. The number of urea groups is 1. The quantitative estimate of drug-likeness (QED) is 0.723. The van der Waals surface area contributed by atoms with Crippen LogP contribution in [0.5, 0.6) is 5.88 Å². The number of amides is 2. The molecule has 0 unspecified atom stereocenters. The molecular formula is C18H19N5O2. The fraction of sp³-hybridized carbons (Fsp3) is 0.167. The number of para-hydroxylation sites is 1. The summed E-state index contributed by atoms with van der Waals surface area (Å²) in [5, 5.41) is 5.69. The molecule has 128 valence electrons. The molecule has 0 radical (unpaired) electrons. The smallest absolute Gasteiger partial charge is 0.315 e. The minimum absolute atomic E-state index is 0.240. The lowest BCUT2D eigenvalue weighted by Gasteiger charge is -2.12. The number of hydrogen-bond donors (Lipinski definition) is 2. The van der Waals surface area contributed by atoms with Gasteiger partial charge >= 0.3 is 6.03 Å². The second-order valence-corrected chi connectivity index (χ2v) is 5.34. The van der Waals surface area contributed by atoms with Gasteiger partial charge in [0.2, 0.25) is 5.88 Å². The van der Waals surface area contributed by atoms with Gasteiger partial charge in [0.05, 0.1) is 19.1 Å². The fourth-order valence-corrected chi connectivity index (χ4v) is 2.41. The number of aromatic nitrogens is 3. The molecule has 0 atom stereocenters. The Hall–Kier alpha value is -3.35. The van der Waals surface area contributed by atoms with Crippen LogP contribution >= 0.6 is 0 Å². The van der Waals surface area contributed by atoms with Gasteiger partial charge in [0.15, 0.2) is 0 Å². The first kappa shape index (κ1) is 16.5. The van der Waals surface area contributed by atoms with Crippen LogP contribution < -0.4 is 15.4 Å². The first-order chi connectivity index (χ1) is 12.3. The van der Waals surface area contributed by atoms with Gasteiger partial charge in [-0.1, -0.05) is 18.2 Å². The number of carbonyl (C=O) groups excluding carboxylic acids is 1. The normalized spacial score (nSPS) is 10.3. The zero-order valence-electron chi connectivity index (χ0n) is 13.8. The molecule has 7 nitrogen and oxygen atoms in total. The monoisotopic (exact) mass is 337 g/mol. The molecular weight excluding hydrogens is 318 g/mol. The molecule has 3 rings (SSSR count). The summed E-state index contributed by atoms with van der Waals surface area (Å²) in [4.78, 5) is 20.2. The molecule has 25 heavy (non-hydrogen) atoms. The van der Waals surface area contributed by atoms with Crippen LogP contribution in [0.4, 0.5) is 4.79 Å². The van der Waals surface area contributed by atoms with Gasteiger partial charge < -0.3 is 19.9 Å². The first-order valence-corrected chi connectivity index (χ1v) is 7.83. The Morgan fingerprint density at radius 2 is 2.00 bits per heavy atom. The van der Waals surface area contributed by atoms with Crippen molar-refractivity contribution in [2.24, 2.45) is 0 Å². The summed E-state index contributed by atoms with van der Waals surface area (Å²) in [5.74, 6) is 0.522. The van der Waals surface area contributed by atoms with Crippen LogP contribution in [0.3, 0.4) is 0 Å². The van der Waals surface area contributed by atoms with Crippen LogP contribution in [0.1, 0.15) is 11.1 Å². The van der Waals surface area contributed by atoms with E-state index < -0.39 is 0 Å². The van der Waals surface area contributed by atoms with Gasteiger partial charge in [0, 0.05) is 37.7 Å². The van der Waals surface area contributed by atoms with Gasteiger partial charge in [-0.15, -0.1) is 0 Å². The van der Waals surface area contributed by atoms with E-state index in [1.807, 2.05) is 41.1 Å². The van der Waals surface area contributed by atoms with Crippen molar-refractivity contribution in [3.05, 3.63) is 72.4 Å². The summed E-state index contributed by atoms with van der Waals surface area (Å²) in [5.41, 5.74) is 2.90. The van der Waals surface area contributed by atoms with E-state index in [0.717, 1.165) is 16.8 Å². The molecule has 0 spiro atoms. The van der Waals surface area contributed by atoms with E-state index in [9.17, 15) is 4.79 Å². The van der Waals surface area contributed by atoms with Crippen LogP contribution in [0.2, 0.25) is 0 Å². The number of nitrogens with zero attached hydrogens (tertiary/aromatic N) is 3. The predicted octanol–water partition coefficient (Wildman–Crippen LogP) is 2.28. The summed E-state index contributed by atoms with van der Waals surface area (Å²) >= 11 is 0. The van der Waals surface area contributed by atoms with E-state index in [-0.39, 0.29) is 6.03 Å². The summed E-state index contributed by atoms with van der Waals surface area (Å²) in [6.45, 7) is 0.813. The Morgan fingerprint density at radius 3 is 2.80 bits per heavy atom. The Balaban J connectivity index is 1.56. The third-order valence-corrected chi connectivity index (χ3v) is 3.68. The number of ether oxygens (including phenoxy) is 1. The number of rotatable bonds is 6. The topological polar surface area (TPSA) is 81.1 Å². The number of imidazole rings is 1. The van der Waals surface area contributed by atoms with Crippen molar-refractivity contribution in [3.8, 4) is 11.6 Å². The van der Waals surface area contributed by atoms with Crippen LogP contribution in [0.15, 0.2) is 61.3 Å². The number of methoxy groups -OCH3 is 1. The van der Waals surface area contributed by atoms with Crippen molar-refractivity contribution in [1.29, 1.82) is 0 Å². The zero-order valence-corrected chi connectivity index (χ0v) is 13.8. The van der Waals surface area contributed by atoms with Crippen molar-refractivity contribution < 1.29 is 9.53 Å². The highest BCUT2D eigenvalue weighted by atomic mass is 16.5. The van der Waals surface area contributed by atoms with Crippen LogP contribution in [-0.2, 0) is 13.1 Å². The standard InChI is InChI=1S/C18H19N5O2/c1-25-17-10-14(6-7-20-17)11-21-18(24)22-12-15-4-2-3-5-16(15)23-9-8-19-13-23/h2-10,13H,11-12H2,1H3,(H2,21,22,24). The Bertz CT molecular complexity index is 833. The lowest BCUT2D eigenvalue weighted by Crippen LogP contribution is -2.34. The number of pyridine rings is 1. The number of carbonyl (C=O) groups is 1. The SMILES string of the molecule is COc1cc(CNC(=O)NCc2ccccc2-n2ccnc2)ccn1. The number of hydrogen-bond acceptors (Lipinski definition) is 4. The maximum atomic E-state index is 12.1. The van der Waals surface area contributed by atoms with Crippen molar-refractivity contribution >= 4 is 6.03 Å². The molecule has 0 aliphatic heterocycles. The Morgan fingerprint density at radius 1 is 1.16 bits per heavy atom. The van der Waals surface area contributed by atoms with Gasteiger partial charge in [-0.05, 0) is 23.3 Å². The van der Waals surface area contributed by atoms with Gasteiger partial charge in [0.25, 0.3) is 0 Å². The van der Waals surface area contributed by atoms with Gasteiger partial charge in [-0.3, -0.25) is 0 Å². The van der Waals surface area contributed by atoms with E-state index in [1.165, 1.54) is 0 Å². The molecule has 3 aromatic rings. The van der Waals surface area contributed by atoms with Gasteiger partial charge in [-0.25, -0.2) is 14.8 Å². The molecule has 1 aromatic carbocycles. The van der Waals surface area contributed by atoms with E-state index in [0.29, 0.717) is 19.0 Å². The molecule has 0 saturated carbocycles.